The van der Waals surface area contributed by atoms with Crippen LogP contribution in [0.5, 0.6) is 11.5 Å². The summed E-state index contributed by atoms with van der Waals surface area (Å²) in [6.45, 7) is -0.283. The zero-order valence-corrected chi connectivity index (χ0v) is 17.1. The second-order valence-corrected chi connectivity index (χ2v) is 9.49. The Morgan fingerprint density at radius 2 is 1.90 bits per heavy atom. The number of para-hydroxylation sites is 1. The van der Waals surface area contributed by atoms with Gasteiger partial charge in [-0.15, -0.1) is 0 Å². The van der Waals surface area contributed by atoms with Crippen molar-refractivity contribution in [3.05, 3.63) is 70.3 Å². The number of nitro benzene ring substituents is 1. The molecule has 0 spiro atoms. The third-order valence-electron chi connectivity index (χ3n) is 6.12. The third-order valence-corrected chi connectivity index (χ3v) is 8.02. The number of carbonyl (C=O) groups excluding carboxylic acids is 1. The van der Waals surface area contributed by atoms with E-state index in [1.54, 1.807) is 24.3 Å². The minimum absolute atomic E-state index is 0.0805. The SMILES string of the molecule is O=C1CN(S(=O)(=O)c2ccccc2[N+](=O)[O-])[C@H]2CCC=C[C@@]12c1ccc2c(c1)OCO2. The third kappa shape index (κ3) is 2.78. The molecule has 0 saturated carbocycles. The molecule has 0 aromatic heterocycles. The number of ketones is 1. The number of rotatable bonds is 4. The molecule has 2 aliphatic heterocycles. The molecule has 31 heavy (non-hydrogen) atoms. The van der Waals surface area contributed by atoms with E-state index in [9.17, 15) is 23.3 Å². The smallest absolute Gasteiger partial charge is 0.289 e. The van der Waals surface area contributed by atoms with Gasteiger partial charge in [0.15, 0.2) is 22.2 Å². The van der Waals surface area contributed by atoms with Crippen molar-refractivity contribution in [2.24, 2.45) is 0 Å². The van der Waals surface area contributed by atoms with Gasteiger partial charge in [0, 0.05) is 12.1 Å². The first-order valence-corrected chi connectivity index (χ1v) is 11.2. The highest BCUT2D eigenvalue weighted by molar-refractivity contribution is 7.89. The molecule has 1 fully saturated rings. The van der Waals surface area contributed by atoms with Crippen LogP contribution in [0.15, 0.2) is 59.5 Å². The predicted molar refractivity (Wildman–Crippen MR) is 108 cm³/mol. The van der Waals surface area contributed by atoms with E-state index >= 15 is 0 Å². The molecule has 1 saturated heterocycles. The number of sulfonamides is 1. The van der Waals surface area contributed by atoms with E-state index < -0.39 is 37.0 Å². The maximum Gasteiger partial charge on any atom is 0.289 e. The normalized spacial score (nSPS) is 24.9. The van der Waals surface area contributed by atoms with Gasteiger partial charge in [-0.25, -0.2) is 8.42 Å². The zero-order chi connectivity index (χ0) is 21.8. The summed E-state index contributed by atoms with van der Waals surface area (Å²) in [6, 6.07) is 9.66. The number of carbonyl (C=O) groups is 1. The maximum atomic E-state index is 13.5. The summed E-state index contributed by atoms with van der Waals surface area (Å²) in [6.07, 6.45) is 4.64. The molecular weight excluding hydrogens is 424 g/mol. The van der Waals surface area contributed by atoms with Crippen molar-refractivity contribution < 1.29 is 27.6 Å². The Balaban J connectivity index is 1.64. The van der Waals surface area contributed by atoms with Gasteiger partial charge in [-0.05, 0) is 36.6 Å². The molecular formula is C21H18N2O7S. The lowest BCUT2D eigenvalue weighted by molar-refractivity contribution is -0.387. The molecule has 0 unspecified atom stereocenters. The van der Waals surface area contributed by atoms with Crippen LogP contribution in [0.4, 0.5) is 5.69 Å². The fourth-order valence-corrected chi connectivity index (χ4v) is 6.51. The van der Waals surface area contributed by atoms with Crippen LogP contribution in [0.1, 0.15) is 18.4 Å². The summed E-state index contributed by atoms with van der Waals surface area (Å²) >= 11 is 0. The van der Waals surface area contributed by atoms with Crippen LogP contribution in [0.2, 0.25) is 0 Å². The van der Waals surface area contributed by atoms with Crippen LogP contribution in [-0.4, -0.2) is 42.8 Å². The second-order valence-electron chi connectivity index (χ2n) is 7.63. The van der Waals surface area contributed by atoms with Gasteiger partial charge >= 0.3 is 0 Å². The molecule has 2 atom stereocenters. The lowest BCUT2D eigenvalue weighted by Crippen LogP contribution is -2.47. The van der Waals surface area contributed by atoms with E-state index in [1.807, 2.05) is 6.08 Å². The predicted octanol–water partition coefficient (Wildman–Crippen LogP) is 2.55. The first kappa shape index (κ1) is 19.7. The molecule has 1 aliphatic carbocycles. The summed E-state index contributed by atoms with van der Waals surface area (Å²) in [7, 11) is -4.29. The summed E-state index contributed by atoms with van der Waals surface area (Å²) in [5.74, 6) is 0.776. The number of hydrogen-bond donors (Lipinski definition) is 0. The number of benzene rings is 2. The van der Waals surface area contributed by atoms with Crippen molar-refractivity contribution >= 4 is 21.5 Å². The molecule has 0 N–H and O–H groups in total. The lowest BCUT2D eigenvalue weighted by atomic mass is 9.69. The largest absolute Gasteiger partial charge is 0.454 e. The Kier molecular flexibility index (Phi) is 4.38. The van der Waals surface area contributed by atoms with Gasteiger partial charge in [0.1, 0.15) is 0 Å². The molecule has 3 aliphatic rings. The topological polar surface area (TPSA) is 116 Å². The van der Waals surface area contributed by atoms with E-state index in [1.165, 1.54) is 18.2 Å². The molecule has 2 heterocycles. The highest BCUT2D eigenvalue weighted by Gasteiger charge is 2.58. The molecule has 2 aromatic carbocycles. The van der Waals surface area contributed by atoms with Crippen LogP contribution >= 0.6 is 0 Å². The molecule has 0 bridgehead atoms. The number of allylic oxidation sites excluding steroid dienone is 1. The second kappa shape index (κ2) is 6.89. The van der Waals surface area contributed by atoms with Gasteiger partial charge in [0.25, 0.3) is 15.7 Å². The highest BCUT2D eigenvalue weighted by atomic mass is 32.2. The maximum absolute atomic E-state index is 13.5. The van der Waals surface area contributed by atoms with Gasteiger partial charge in [-0.1, -0.05) is 30.4 Å². The fourth-order valence-electron chi connectivity index (χ4n) is 4.70. The highest BCUT2D eigenvalue weighted by Crippen LogP contribution is 2.48. The van der Waals surface area contributed by atoms with Crippen molar-refractivity contribution in [1.82, 2.24) is 4.31 Å². The van der Waals surface area contributed by atoms with E-state index in [4.69, 9.17) is 9.47 Å². The van der Waals surface area contributed by atoms with Gasteiger partial charge < -0.3 is 9.47 Å². The average molecular weight is 442 g/mol. The van der Waals surface area contributed by atoms with Crippen LogP contribution in [0.25, 0.3) is 0 Å². The van der Waals surface area contributed by atoms with Crippen LogP contribution < -0.4 is 9.47 Å². The monoisotopic (exact) mass is 442 g/mol. The molecule has 0 amide bonds. The minimum atomic E-state index is -4.29. The van der Waals surface area contributed by atoms with E-state index in [2.05, 4.69) is 0 Å². The Labute approximate surface area is 178 Å². The van der Waals surface area contributed by atoms with Gasteiger partial charge in [-0.2, -0.15) is 4.31 Å². The van der Waals surface area contributed by atoms with Gasteiger partial charge in [0.2, 0.25) is 6.79 Å². The quantitative estimate of drug-likeness (QED) is 0.406. The number of nitrogens with zero attached hydrogens (tertiary/aromatic N) is 2. The summed E-state index contributed by atoms with van der Waals surface area (Å²) < 4.78 is 39.0. The Morgan fingerprint density at radius 3 is 2.71 bits per heavy atom. The van der Waals surface area contributed by atoms with Crippen molar-refractivity contribution in [2.75, 3.05) is 13.3 Å². The van der Waals surface area contributed by atoms with E-state index in [0.717, 1.165) is 10.4 Å². The molecule has 5 rings (SSSR count). The Morgan fingerprint density at radius 1 is 1.13 bits per heavy atom. The number of Topliss-reactive ketones (excluding diaryl/α,β-unsaturated/α-hetero) is 1. The fraction of sp³-hybridized carbons (Fsp3) is 0.286. The summed E-state index contributed by atoms with van der Waals surface area (Å²) in [4.78, 5) is 23.7. The zero-order valence-electron chi connectivity index (χ0n) is 16.3. The van der Waals surface area contributed by atoms with E-state index in [-0.39, 0.29) is 19.1 Å². The molecule has 160 valence electrons. The number of nitro groups is 1. The minimum Gasteiger partial charge on any atom is -0.454 e. The van der Waals surface area contributed by atoms with Crippen molar-refractivity contribution in [2.45, 2.75) is 29.2 Å². The summed E-state index contributed by atoms with van der Waals surface area (Å²) in [5, 5.41) is 11.4. The first-order valence-electron chi connectivity index (χ1n) is 9.72. The number of fused-ring (bicyclic) bond motifs is 2. The van der Waals surface area contributed by atoms with Crippen LogP contribution in [-0.2, 0) is 20.2 Å². The van der Waals surface area contributed by atoms with Crippen molar-refractivity contribution in [1.29, 1.82) is 0 Å². The molecule has 10 heteroatoms. The number of ether oxygens (including phenoxy) is 2. The standard InChI is InChI=1S/C21H18N2O7S/c24-20-12-22(31(27,28)18-6-2-1-5-15(18)23(25)26)19-7-3-4-10-21(19,20)14-8-9-16-17(11-14)30-13-29-16/h1-2,4-6,8-11,19H,3,7,12-13H2/t19-,21-/m0/s1. The van der Waals surface area contributed by atoms with Crippen molar-refractivity contribution in [3.63, 3.8) is 0 Å². The van der Waals surface area contributed by atoms with E-state index in [0.29, 0.717) is 29.9 Å². The molecule has 0 radical (unpaired) electrons. The van der Waals surface area contributed by atoms with Gasteiger partial charge in [-0.3, -0.25) is 14.9 Å². The van der Waals surface area contributed by atoms with Crippen LogP contribution in [0, 0.1) is 10.1 Å². The molecule has 2 aromatic rings. The Hall–Kier alpha value is -3.24. The number of hydrogen-bond acceptors (Lipinski definition) is 7. The van der Waals surface area contributed by atoms with Gasteiger partial charge in [0.05, 0.1) is 16.9 Å². The lowest BCUT2D eigenvalue weighted by Gasteiger charge is -2.37. The van der Waals surface area contributed by atoms with Crippen molar-refractivity contribution in [3.8, 4) is 11.5 Å². The average Bonchev–Trinajstić information content (AvgIpc) is 3.36. The Bertz CT molecular complexity index is 1240. The summed E-state index contributed by atoms with van der Waals surface area (Å²) in [5.41, 5.74) is -1.08. The molecule has 9 nitrogen and oxygen atoms in total. The van der Waals surface area contributed by atoms with Crippen LogP contribution in [0.3, 0.4) is 0 Å². The first-order chi connectivity index (χ1) is 14.9.